The quantitative estimate of drug-likeness (QED) is 0.854. The van der Waals surface area contributed by atoms with Crippen LogP contribution in [0, 0.1) is 5.41 Å². The first-order valence-electron chi connectivity index (χ1n) is 7.08. The third-order valence-corrected chi connectivity index (χ3v) is 3.99. The van der Waals surface area contributed by atoms with Crippen molar-refractivity contribution in [1.29, 1.82) is 0 Å². The predicted molar refractivity (Wildman–Crippen MR) is 91.7 cm³/mol. The maximum absolute atomic E-state index is 12.7. The fraction of sp³-hybridized carbons (Fsp3) is 0.600. The van der Waals surface area contributed by atoms with Crippen molar-refractivity contribution in [1.82, 2.24) is 15.6 Å². The van der Waals surface area contributed by atoms with Crippen LogP contribution in [0.1, 0.15) is 31.4 Å². The number of nitrogens with zero attached hydrogens (tertiary/aromatic N) is 1. The molecule has 0 saturated carbocycles. The van der Waals surface area contributed by atoms with E-state index in [0.717, 1.165) is 31.5 Å². The molecule has 0 spiro atoms. The van der Waals surface area contributed by atoms with Crippen LogP contribution in [-0.2, 0) is 9.53 Å². The van der Waals surface area contributed by atoms with Crippen LogP contribution >= 0.6 is 24.8 Å². The number of amides is 1. The molecule has 1 aromatic rings. The van der Waals surface area contributed by atoms with E-state index in [4.69, 9.17) is 4.74 Å². The van der Waals surface area contributed by atoms with E-state index in [1.54, 1.807) is 19.5 Å². The summed E-state index contributed by atoms with van der Waals surface area (Å²) in [5, 5.41) is 6.40. The third kappa shape index (κ3) is 5.09. The minimum atomic E-state index is -0.406. The number of hydrogen-bond donors (Lipinski definition) is 2. The molecule has 1 atom stereocenters. The summed E-state index contributed by atoms with van der Waals surface area (Å²) in [4.78, 5) is 16.7. The van der Waals surface area contributed by atoms with Gasteiger partial charge in [-0.15, -0.1) is 24.8 Å². The lowest BCUT2D eigenvalue weighted by molar-refractivity contribution is -0.136. The van der Waals surface area contributed by atoms with Gasteiger partial charge < -0.3 is 15.4 Å². The highest BCUT2D eigenvalue weighted by Crippen LogP contribution is 2.30. The second-order valence-electron chi connectivity index (χ2n) is 5.44. The molecule has 22 heavy (non-hydrogen) atoms. The molecule has 0 radical (unpaired) electrons. The van der Waals surface area contributed by atoms with Crippen LogP contribution in [0.5, 0.6) is 0 Å². The second-order valence-corrected chi connectivity index (χ2v) is 5.44. The number of nitrogens with one attached hydrogen (secondary N) is 2. The predicted octanol–water partition coefficient (Wildman–Crippen LogP) is 2.12. The Labute approximate surface area is 144 Å². The Hall–Kier alpha value is -0.880. The number of carbonyl (C=O) groups excluding carboxylic acids is 1. The Morgan fingerprint density at radius 3 is 2.68 bits per heavy atom. The molecule has 0 aliphatic carbocycles. The highest BCUT2D eigenvalue weighted by atomic mass is 35.5. The lowest BCUT2D eigenvalue weighted by atomic mass is 9.78. The first kappa shape index (κ1) is 21.1. The SMILES string of the molecule is COCC1(C(=O)N[C@@H](C)c2cccnc2)CCNCC1.Cl.Cl. The van der Waals surface area contributed by atoms with Crippen LogP contribution in [-0.4, -0.2) is 37.7 Å². The summed E-state index contributed by atoms with van der Waals surface area (Å²) >= 11 is 0. The topological polar surface area (TPSA) is 63.2 Å². The molecule has 7 heteroatoms. The summed E-state index contributed by atoms with van der Waals surface area (Å²) in [6.45, 7) is 4.17. The maximum Gasteiger partial charge on any atom is 0.229 e. The fourth-order valence-electron chi connectivity index (χ4n) is 2.68. The lowest BCUT2D eigenvalue weighted by Gasteiger charge is -2.36. The molecule has 1 aliphatic heterocycles. The first-order chi connectivity index (χ1) is 9.68. The molecule has 2 heterocycles. The van der Waals surface area contributed by atoms with Crippen molar-refractivity contribution in [2.75, 3.05) is 26.8 Å². The summed E-state index contributed by atoms with van der Waals surface area (Å²) < 4.78 is 5.29. The van der Waals surface area contributed by atoms with Gasteiger partial charge in [0.2, 0.25) is 5.91 Å². The molecule has 5 nitrogen and oxygen atoms in total. The summed E-state index contributed by atoms with van der Waals surface area (Å²) in [5.41, 5.74) is 0.610. The molecule has 2 rings (SSSR count). The fourth-order valence-corrected chi connectivity index (χ4v) is 2.68. The Balaban J connectivity index is 0.00000220. The van der Waals surface area contributed by atoms with E-state index in [-0.39, 0.29) is 36.8 Å². The van der Waals surface area contributed by atoms with Gasteiger partial charge in [-0.1, -0.05) is 6.07 Å². The molecular weight excluding hydrogens is 325 g/mol. The van der Waals surface area contributed by atoms with E-state index in [2.05, 4.69) is 15.6 Å². The number of carbonyl (C=O) groups is 1. The van der Waals surface area contributed by atoms with Gasteiger partial charge >= 0.3 is 0 Å². The summed E-state index contributed by atoms with van der Waals surface area (Å²) in [6.07, 6.45) is 5.15. The number of hydrogen-bond acceptors (Lipinski definition) is 4. The Kier molecular flexibility index (Phi) is 9.60. The van der Waals surface area contributed by atoms with Gasteiger partial charge in [-0.05, 0) is 44.5 Å². The zero-order valence-corrected chi connectivity index (χ0v) is 14.6. The molecule has 1 amide bonds. The molecule has 0 aromatic carbocycles. The zero-order valence-electron chi connectivity index (χ0n) is 13.0. The standard InChI is InChI=1S/C15H23N3O2.2ClH/c1-12(13-4-3-7-17-10-13)18-14(19)15(11-20-2)5-8-16-9-6-15;;/h3-4,7,10,12,16H,5-6,8-9,11H2,1-2H3,(H,18,19);2*1H/t12-;;/m0../s1. The number of rotatable bonds is 5. The van der Waals surface area contributed by atoms with Gasteiger partial charge in [0.25, 0.3) is 0 Å². The molecule has 0 unspecified atom stereocenters. The maximum atomic E-state index is 12.7. The van der Waals surface area contributed by atoms with E-state index in [1.165, 1.54) is 0 Å². The molecule has 126 valence electrons. The van der Waals surface area contributed by atoms with Gasteiger partial charge in [-0.2, -0.15) is 0 Å². The highest BCUT2D eigenvalue weighted by Gasteiger charge is 2.40. The van der Waals surface area contributed by atoms with Crippen molar-refractivity contribution < 1.29 is 9.53 Å². The van der Waals surface area contributed by atoms with Gasteiger partial charge in [0, 0.05) is 19.5 Å². The van der Waals surface area contributed by atoms with E-state index in [9.17, 15) is 4.79 Å². The Morgan fingerprint density at radius 2 is 2.14 bits per heavy atom. The van der Waals surface area contributed by atoms with Gasteiger partial charge in [0.1, 0.15) is 0 Å². The molecule has 2 N–H and O–H groups in total. The van der Waals surface area contributed by atoms with Gasteiger partial charge in [0.15, 0.2) is 0 Å². The summed E-state index contributed by atoms with van der Waals surface area (Å²) in [6, 6.07) is 3.82. The van der Waals surface area contributed by atoms with E-state index >= 15 is 0 Å². The monoisotopic (exact) mass is 349 g/mol. The molecule has 1 aliphatic rings. The molecule has 1 aromatic heterocycles. The minimum Gasteiger partial charge on any atom is -0.384 e. The minimum absolute atomic E-state index is 0. The zero-order chi connectivity index (χ0) is 14.4. The summed E-state index contributed by atoms with van der Waals surface area (Å²) in [7, 11) is 1.65. The van der Waals surface area contributed by atoms with E-state index in [0.29, 0.717) is 6.61 Å². The number of pyridine rings is 1. The average Bonchev–Trinajstić information content (AvgIpc) is 2.49. The van der Waals surface area contributed by atoms with Gasteiger partial charge in [-0.25, -0.2) is 0 Å². The normalized spacial score (nSPS) is 17.5. The second kappa shape index (κ2) is 10.0. The first-order valence-corrected chi connectivity index (χ1v) is 7.08. The smallest absolute Gasteiger partial charge is 0.229 e. The lowest BCUT2D eigenvalue weighted by Crippen LogP contribution is -2.50. The van der Waals surface area contributed by atoms with Crippen molar-refractivity contribution in [3.8, 4) is 0 Å². The van der Waals surface area contributed by atoms with Crippen molar-refractivity contribution in [2.45, 2.75) is 25.8 Å². The van der Waals surface area contributed by atoms with Gasteiger partial charge in [0.05, 0.1) is 18.1 Å². The van der Waals surface area contributed by atoms with Crippen LogP contribution in [0.2, 0.25) is 0 Å². The van der Waals surface area contributed by atoms with Crippen LogP contribution < -0.4 is 10.6 Å². The number of methoxy groups -OCH3 is 1. The molecule has 1 saturated heterocycles. The van der Waals surface area contributed by atoms with Crippen LogP contribution in [0.3, 0.4) is 0 Å². The van der Waals surface area contributed by atoms with Gasteiger partial charge in [-0.3, -0.25) is 9.78 Å². The largest absolute Gasteiger partial charge is 0.384 e. The van der Waals surface area contributed by atoms with Crippen LogP contribution in [0.25, 0.3) is 0 Å². The average molecular weight is 350 g/mol. The van der Waals surface area contributed by atoms with Crippen molar-refractivity contribution in [3.63, 3.8) is 0 Å². The number of ether oxygens (including phenoxy) is 1. The molecule has 1 fully saturated rings. The van der Waals surface area contributed by atoms with Crippen LogP contribution in [0.15, 0.2) is 24.5 Å². The van der Waals surface area contributed by atoms with Crippen molar-refractivity contribution in [3.05, 3.63) is 30.1 Å². The summed E-state index contributed by atoms with van der Waals surface area (Å²) in [5.74, 6) is 0.0807. The number of aromatic nitrogens is 1. The van der Waals surface area contributed by atoms with Crippen LogP contribution in [0.4, 0.5) is 0 Å². The highest BCUT2D eigenvalue weighted by molar-refractivity contribution is 5.85. The molecule has 0 bridgehead atoms. The van der Waals surface area contributed by atoms with Crippen molar-refractivity contribution >= 4 is 30.7 Å². The molecular formula is C15H25Cl2N3O2. The number of halogens is 2. The van der Waals surface area contributed by atoms with Crippen molar-refractivity contribution in [2.24, 2.45) is 5.41 Å². The Bertz CT molecular complexity index is 434. The van der Waals surface area contributed by atoms with E-state index in [1.807, 2.05) is 19.1 Å². The Morgan fingerprint density at radius 1 is 1.45 bits per heavy atom. The van der Waals surface area contributed by atoms with E-state index < -0.39 is 5.41 Å². The number of piperidine rings is 1. The third-order valence-electron chi connectivity index (χ3n) is 3.99.